The highest BCUT2D eigenvalue weighted by Crippen LogP contribution is 2.19. The van der Waals surface area contributed by atoms with Gasteiger partial charge in [0.2, 0.25) is 0 Å². The second-order valence-corrected chi connectivity index (χ2v) is 4.90. The number of hydrogen-bond donors (Lipinski definition) is 3. The summed E-state index contributed by atoms with van der Waals surface area (Å²) in [5.74, 6) is -0.939. The molecule has 0 unspecified atom stereocenters. The molecule has 0 saturated heterocycles. The normalized spacial score (nSPS) is 12.1. The van der Waals surface area contributed by atoms with Crippen LogP contribution in [-0.2, 0) is 0 Å². The third-order valence-corrected chi connectivity index (χ3v) is 2.91. The van der Waals surface area contributed by atoms with Crippen molar-refractivity contribution in [2.75, 3.05) is 13.7 Å². The van der Waals surface area contributed by atoms with Gasteiger partial charge in [0, 0.05) is 17.5 Å². The van der Waals surface area contributed by atoms with Crippen LogP contribution >= 0.6 is 0 Å². The largest absolute Gasteiger partial charge is 0.494 e. The Balaban J connectivity index is 2.78. The fourth-order valence-corrected chi connectivity index (χ4v) is 1.43. The van der Waals surface area contributed by atoms with E-state index in [0.29, 0.717) is 0 Å². The van der Waals surface area contributed by atoms with E-state index >= 15 is 0 Å². The number of methoxy groups -OCH3 is 1. The van der Waals surface area contributed by atoms with Crippen LogP contribution in [0.3, 0.4) is 0 Å². The predicted molar refractivity (Wildman–Crippen MR) is 72.5 cm³/mol. The van der Waals surface area contributed by atoms with Crippen molar-refractivity contribution in [3.8, 4) is 5.75 Å². The summed E-state index contributed by atoms with van der Waals surface area (Å²) >= 11 is 0. The van der Waals surface area contributed by atoms with Crippen LogP contribution in [0.1, 0.15) is 24.2 Å². The Morgan fingerprint density at radius 2 is 2.20 bits per heavy atom. The van der Waals surface area contributed by atoms with Crippen molar-refractivity contribution in [1.29, 1.82) is 0 Å². The SMILES string of the molecule is COc1cc(C(=O)NCC(C)(C)/C(N)=N/O)ccc1F. The Hall–Kier alpha value is -2.31. The van der Waals surface area contributed by atoms with E-state index in [0.717, 1.165) is 6.07 Å². The molecule has 1 aromatic carbocycles. The molecule has 0 aliphatic carbocycles. The third kappa shape index (κ3) is 3.59. The maximum Gasteiger partial charge on any atom is 0.251 e. The molecular formula is C13H18FN3O3. The molecule has 0 radical (unpaired) electrons. The van der Waals surface area contributed by atoms with Gasteiger partial charge in [0.05, 0.1) is 7.11 Å². The first-order valence-electron chi connectivity index (χ1n) is 5.91. The Labute approximate surface area is 116 Å². The van der Waals surface area contributed by atoms with E-state index in [1.807, 2.05) is 0 Å². The molecule has 0 bridgehead atoms. The Morgan fingerprint density at radius 3 is 2.75 bits per heavy atom. The summed E-state index contributed by atoms with van der Waals surface area (Å²) in [6.07, 6.45) is 0. The summed E-state index contributed by atoms with van der Waals surface area (Å²) in [4.78, 5) is 11.9. The van der Waals surface area contributed by atoms with Crippen molar-refractivity contribution in [3.63, 3.8) is 0 Å². The summed E-state index contributed by atoms with van der Waals surface area (Å²) in [6.45, 7) is 3.60. The lowest BCUT2D eigenvalue weighted by Crippen LogP contribution is -2.42. The number of nitrogens with two attached hydrogens (primary N) is 1. The van der Waals surface area contributed by atoms with Crippen LogP contribution in [0, 0.1) is 11.2 Å². The van der Waals surface area contributed by atoms with Crippen molar-refractivity contribution in [1.82, 2.24) is 5.32 Å². The number of nitrogens with one attached hydrogen (secondary N) is 1. The number of ether oxygens (including phenoxy) is 1. The van der Waals surface area contributed by atoms with Crippen LogP contribution in [0.4, 0.5) is 4.39 Å². The molecule has 0 aliphatic heterocycles. The third-order valence-electron chi connectivity index (χ3n) is 2.91. The molecule has 0 aromatic heterocycles. The second-order valence-electron chi connectivity index (χ2n) is 4.90. The summed E-state index contributed by atoms with van der Waals surface area (Å²) < 4.78 is 18.1. The summed E-state index contributed by atoms with van der Waals surface area (Å²) in [5, 5.41) is 14.2. The average molecular weight is 283 g/mol. The van der Waals surface area contributed by atoms with Crippen LogP contribution in [0.25, 0.3) is 0 Å². The fourth-order valence-electron chi connectivity index (χ4n) is 1.43. The molecule has 0 atom stereocenters. The van der Waals surface area contributed by atoms with E-state index in [1.165, 1.54) is 19.2 Å². The molecule has 1 aromatic rings. The van der Waals surface area contributed by atoms with E-state index in [2.05, 4.69) is 10.5 Å². The highest BCUT2D eigenvalue weighted by molar-refractivity contribution is 5.95. The van der Waals surface area contributed by atoms with Crippen molar-refractivity contribution in [3.05, 3.63) is 29.6 Å². The van der Waals surface area contributed by atoms with Crippen molar-refractivity contribution in [2.45, 2.75) is 13.8 Å². The van der Waals surface area contributed by atoms with Gasteiger partial charge in [-0.3, -0.25) is 4.79 Å². The molecule has 1 amide bonds. The first-order chi connectivity index (χ1) is 9.31. The lowest BCUT2D eigenvalue weighted by atomic mass is 9.92. The summed E-state index contributed by atoms with van der Waals surface area (Å²) in [5.41, 5.74) is 5.08. The minimum atomic E-state index is -0.700. The first-order valence-corrected chi connectivity index (χ1v) is 5.91. The zero-order chi connectivity index (χ0) is 15.3. The zero-order valence-electron chi connectivity index (χ0n) is 11.6. The molecule has 1 rings (SSSR count). The van der Waals surface area contributed by atoms with Gasteiger partial charge >= 0.3 is 0 Å². The van der Waals surface area contributed by atoms with Crippen LogP contribution in [0.5, 0.6) is 5.75 Å². The summed E-state index contributed by atoms with van der Waals surface area (Å²) in [7, 11) is 1.32. The average Bonchev–Trinajstić information content (AvgIpc) is 2.44. The highest BCUT2D eigenvalue weighted by Gasteiger charge is 2.24. The number of carbonyl (C=O) groups excluding carboxylic acids is 1. The number of amides is 1. The van der Waals surface area contributed by atoms with Crippen LogP contribution in [-0.4, -0.2) is 30.6 Å². The topological polar surface area (TPSA) is 96.9 Å². The molecule has 110 valence electrons. The molecule has 0 saturated carbocycles. The number of nitrogens with zero attached hydrogens (tertiary/aromatic N) is 1. The van der Waals surface area contributed by atoms with Gasteiger partial charge < -0.3 is 21.0 Å². The van der Waals surface area contributed by atoms with E-state index in [4.69, 9.17) is 15.7 Å². The van der Waals surface area contributed by atoms with E-state index < -0.39 is 17.1 Å². The second kappa shape index (κ2) is 6.23. The molecule has 0 heterocycles. The van der Waals surface area contributed by atoms with E-state index in [9.17, 15) is 9.18 Å². The predicted octanol–water partition coefficient (Wildman–Crippen LogP) is 1.34. The Morgan fingerprint density at radius 1 is 1.55 bits per heavy atom. The lowest BCUT2D eigenvalue weighted by Gasteiger charge is -2.23. The quantitative estimate of drug-likeness (QED) is 0.329. The van der Waals surface area contributed by atoms with Gasteiger partial charge in [-0.25, -0.2) is 4.39 Å². The highest BCUT2D eigenvalue weighted by atomic mass is 19.1. The standard InChI is InChI=1S/C13H18FN3O3/c1-13(2,12(15)17-19)7-16-11(18)8-4-5-9(14)10(6-8)20-3/h4-6,19H,7H2,1-3H3,(H2,15,17)(H,16,18). The minimum absolute atomic E-state index is 0.00616. The van der Waals surface area contributed by atoms with Crippen molar-refractivity contribution < 1.29 is 19.1 Å². The molecular weight excluding hydrogens is 265 g/mol. The maximum absolute atomic E-state index is 13.2. The van der Waals surface area contributed by atoms with Gasteiger partial charge in [0.1, 0.15) is 5.84 Å². The van der Waals surface area contributed by atoms with Crippen molar-refractivity contribution in [2.24, 2.45) is 16.3 Å². The van der Waals surface area contributed by atoms with E-state index in [1.54, 1.807) is 13.8 Å². The Kier molecular flexibility index (Phi) is 4.90. The molecule has 7 heteroatoms. The Bertz CT molecular complexity index is 530. The molecule has 0 aliphatic rings. The van der Waals surface area contributed by atoms with Gasteiger partial charge in [-0.05, 0) is 18.2 Å². The molecule has 20 heavy (non-hydrogen) atoms. The van der Waals surface area contributed by atoms with Crippen LogP contribution in [0.15, 0.2) is 23.4 Å². The molecule has 6 nitrogen and oxygen atoms in total. The number of hydrogen-bond acceptors (Lipinski definition) is 4. The smallest absolute Gasteiger partial charge is 0.251 e. The van der Waals surface area contributed by atoms with E-state index in [-0.39, 0.29) is 23.7 Å². The van der Waals surface area contributed by atoms with Crippen LogP contribution < -0.4 is 15.8 Å². The fraction of sp³-hybridized carbons (Fsp3) is 0.385. The molecule has 0 spiro atoms. The van der Waals surface area contributed by atoms with Gasteiger partial charge in [0.15, 0.2) is 11.6 Å². The van der Waals surface area contributed by atoms with Gasteiger partial charge in [-0.15, -0.1) is 0 Å². The number of benzene rings is 1. The maximum atomic E-state index is 13.2. The van der Waals surface area contributed by atoms with Gasteiger partial charge in [-0.1, -0.05) is 19.0 Å². The number of amidine groups is 1. The summed E-state index contributed by atoms with van der Waals surface area (Å²) in [6, 6.07) is 3.81. The zero-order valence-corrected chi connectivity index (χ0v) is 11.6. The number of halogens is 1. The number of rotatable bonds is 5. The molecule has 4 N–H and O–H groups in total. The lowest BCUT2D eigenvalue weighted by molar-refractivity contribution is 0.0944. The first kappa shape index (κ1) is 15.7. The number of oxime groups is 1. The van der Waals surface area contributed by atoms with Crippen LogP contribution in [0.2, 0.25) is 0 Å². The monoisotopic (exact) mass is 283 g/mol. The van der Waals surface area contributed by atoms with Gasteiger partial charge in [-0.2, -0.15) is 0 Å². The molecule has 0 fully saturated rings. The number of carbonyl (C=O) groups is 1. The van der Waals surface area contributed by atoms with Crippen molar-refractivity contribution >= 4 is 11.7 Å². The van der Waals surface area contributed by atoms with Gasteiger partial charge in [0.25, 0.3) is 5.91 Å². The minimum Gasteiger partial charge on any atom is -0.494 e.